The Morgan fingerprint density at radius 2 is 2.15 bits per heavy atom. The van der Waals surface area contributed by atoms with Gasteiger partial charge in [0.05, 0.1) is 28.5 Å². The molecule has 1 aromatic rings. The van der Waals surface area contributed by atoms with Gasteiger partial charge >= 0.3 is 6.03 Å². The van der Waals surface area contributed by atoms with Gasteiger partial charge in [-0.15, -0.1) is 0 Å². The zero-order chi connectivity index (χ0) is 14.7. The van der Waals surface area contributed by atoms with Crippen molar-refractivity contribution in [2.24, 2.45) is 0 Å². The van der Waals surface area contributed by atoms with E-state index >= 15 is 0 Å². The molecule has 110 valence electrons. The Bertz CT molecular complexity index is 493. The number of carbonyl (C=O) groups excluding carboxylic acids is 1. The van der Waals surface area contributed by atoms with Crippen molar-refractivity contribution < 1.29 is 9.90 Å². The molecule has 0 aromatic heterocycles. The van der Waals surface area contributed by atoms with Crippen LogP contribution in [0.4, 0.5) is 16.2 Å². The van der Waals surface area contributed by atoms with Gasteiger partial charge in [0.25, 0.3) is 0 Å². The summed E-state index contributed by atoms with van der Waals surface area (Å²) in [5, 5.41) is 15.9. The number of benzene rings is 1. The fourth-order valence-corrected chi connectivity index (χ4v) is 2.85. The number of halogens is 1. The van der Waals surface area contributed by atoms with Crippen molar-refractivity contribution in [1.29, 1.82) is 0 Å². The summed E-state index contributed by atoms with van der Waals surface area (Å²) < 4.78 is 0. The van der Waals surface area contributed by atoms with E-state index in [-0.39, 0.29) is 12.1 Å². The van der Waals surface area contributed by atoms with E-state index in [0.29, 0.717) is 10.7 Å². The molecule has 1 aliphatic rings. The smallest absolute Gasteiger partial charge is 0.319 e. The Morgan fingerprint density at radius 3 is 2.75 bits per heavy atom. The average molecular weight is 298 g/mol. The fraction of sp³-hybridized carbons (Fsp3) is 0.500. The van der Waals surface area contributed by atoms with Gasteiger partial charge in [0, 0.05) is 14.1 Å². The molecule has 0 bridgehead atoms. The van der Waals surface area contributed by atoms with Crippen molar-refractivity contribution in [3.05, 3.63) is 23.2 Å². The molecule has 0 radical (unpaired) electrons. The van der Waals surface area contributed by atoms with E-state index < -0.39 is 6.10 Å². The molecule has 2 rings (SSSR count). The third-order valence-corrected chi connectivity index (χ3v) is 3.78. The summed E-state index contributed by atoms with van der Waals surface area (Å²) in [5.74, 6) is 0. The van der Waals surface area contributed by atoms with Crippen molar-refractivity contribution >= 4 is 29.0 Å². The van der Waals surface area contributed by atoms with Crippen LogP contribution in [0, 0.1) is 0 Å². The monoisotopic (exact) mass is 297 g/mol. The van der Waals surface area contributed by atoms with E-state index in [9.17, 15) is 9.90 Å². The molecule has 0 saturated heterocycles. The van der Waals surface area contributed by atoms with E-state index in [1.165, 1.54) is 0 Å². The lowest BCUT2D eigenvalue weighted by molar-refractivity contribution is 0.151. The number of nitrogens with one attached hydrogen (secondary N) is 2. The highest BCUT2D eigenvalue weighted by molar-refractivity contribution is 6.34. The minimum Gasteiger partial charge on any atom is -0.391 e. The van der Waals surface area contributed by atoms with E-state index in [0.717, 1.165) is 24.9 Å². The second kappa shape index (κ2) is 6.33. The number of aliphatic hydroxyl groups is 1. The van der Waals surface area contributed by atoms with Crippen molar-refractivity contribution in [2.75, 3.05) is 24.3 Å². The van der Waals surface area contributed by atoms with Crippen molar-refractivity contribution in [1.82, 2.24) is 5.32 Å². The number of para-hydroxylation sites is 1. The minimum absolute atomic E-state index is 0.169. The molecular weight excluding hydrogens is 278 g/mol. The SMILES string of the molecule is CN(C)c1c(Cl)cccc1NC(=O)N[C@H]1CCC[C@@H]1O. The maximum atomic E-state index is 12.0. The molecule has 20 heavy (non-hydrogen) atoms. The molecule has 0 unspecified atom stereocenters. The molecule has 0 aliphatic heterocycles. The van der Waals surface area contributed by atoms with Gasteiger partial charge in [-0.3, -0.25) is 0 Å². The Balaban J connectivity index is 2.06. The molecule has 0 heterocycles. The lowest BCUT2D eigenvalue weighted by Gasteiger charge is -2.21. The van der Waals surface area contributed by atoms with Crippen LogP contribution < -0.4 is 15.5 Å². The van der Waals surface area contributed by atoms with Crippen LogP contribution in [0.1, 0.15) is 19.3 Å². The Kier molecular flexibility index (Phi) is 4.73. The summed E-state index contributed by atoms with van der Waals surface area (Å²) in [6.45, 7) is 0. The predicted octanol–water partition coefficient (Wildman–Crippen LogP) is 2.44. The molecule has 1 aromatic carbocycles. The van der Waals surface area contributed by atoms with Crippen molar-refractivity contribution in [3.8, 4) is 0 Å². The second-order valence-electron chi connectivity index (χ2n) is 5.23. The minimum atomic E-state index is -0.451. The number of hydrogen-bond acceptors (Lipinski definition) is 3. The summed E-state index contributed by atoms with van der Waals surface area (Å²) in [6, 6.07) is 4.88. The first-order valence-corrected chi connectivity index (χ1v) is 7.08. The number of urea groups is 1. The number of aliphatic hydroxyl groups excluding tert-OH is 1. The largest absolute Gasteiger partial charge is 0.391 e. The normalized spacial score (nSPS) is 21.6. The highest BCUT2D eigenvalue weighted by Gasteiger charge is 2.26. The molecule has 5 nitrogen and oxygen atoms in total. The van der Waals surface area contributed by atoms with E-state index in [1.54, 1.807) is 18.2 Å². The zero-order valence-electron chi connectivity index (χ0n) is 11.7. The fourth-order valence-electron chi connectivity index (χ4n) is 2.51. The molecule has 2 amide bonds. The lowest BCUT2D eigenvalue weighted by Crippen LogP contribution is -2.42. The summed E-state index contributed by atoms with van der Waals surface area (Å²) >= 11 is 6.15. The Labute approximate surface area is 123 Å². The number of nitrogens with zero attached hydrogens (tertiary/aromatic N) is 1. The van der Waals surface area contributed by atoms with Gasteiger partial charge in [0.2, 0.25) is 0 Å². The quantitative estimate of drug-likeness (QED) is 0.803. The van der Waals surface area contributed by atoms with Crippen molar-refractivity contribution in [3.63, 3.8) is 0 Å². The van der Waals surface area contributed by atoms with Crippen LogP contribution in [0.2, 0.25) is 5.02 Å². The van der Waals surface area contributed by atoms with Crippen molar-refractivity contribution in [2.45, 2.75) is 31.4 Å². The highest BCUT2D eigenvalue weighted by atomic mass is 35.5. The highest BCUT2D eigenvalue weighted by Crippen LogP contribution is 2.32. The van der Waals surface area contributed by atoms with Gasteiger partial charge in [-0.2, -0.15) is 0 Å². The molecule has 0 spiro atoms. The van der Waals surface area contributed by atoms with Crippen LogP contribution in [0.25, 0.3) is 0 Å². The molecule has 3 N–H and O–H groups in total. The van der Waals surface area contributed by atoms with Gasteiger partial charge in [-0.25, -0.2) is 4.79 Å². The molecule has 1 fully saturated rings. The zero-order valence-corrected chi connectivity index (χ0v) is 12.4. The van der Waals surface area contributed by atoms with Crippen LogP contribution in [-0.4, -0.2) is 37.4 Å². The maximum absolute atomic E-state index is 12.0. The molecular formula is C14H20ClN3O2. The maximum Gasteiger partial charge on any atom is 0.319 e. The lowest BCUT2D eigenvalue weighted by atomic mass is 10.2. The van der Waals surface area contributed by atoms with Gasteiger partial charge < -0.3 is 20.6 Å². The van der Waals surface area contributed by atoms with Crippen LogP contribution in [0.3, 0.4) is 0 Å². The van der Waals surface area contributed by atoms with E-state index in [4.69, 9.17) is 11.6 Å². The van der Waals surface area contributed by atoms with E-state index in [1.807, 2.05) is 19.0 Å². The predicted molar refractivity (Wildman–Crippen MR) is 81.6 cm³/mol. The Hall–Kier alpha value is -1.46. The first-order valence-electron chi connectivity index (χ1n) is 6.70. The van der Waals surface area contributed by atoms with Gasteiger partial charge in [-0.1, -0.05) is 17.7 Å². The third kappa shape index (κ3) is 3.35. The number of rotatable bonds is 3. The summed E-state index contributed by atoms with van der Waals surface area (Å²) in [4.78, 5) is 13.9. The van der Waals surface area contributed by atoms with Crippen LogP contribution >= 0.6 is 11.6 Å². The van der Waals surface area contributed by atoms with Crippen LogP contribution in [-0.2, 0) is 0 Å². The third-order valence-electron chi connectivity index (χ3n) is 3.48. The molecule has 6 heteroatoms. The summed E-state index contributed by atoms with van der Waals surface area (Å²) in [7, 11) is 3.73. The number of amides is 2. The average Bonchev–Trinajstić information content (AvgIpc) is 2.74. The van der Waals surface area contributed by atoms with Crippen LogP contribution in [0.5, 0.6) is 0 Å². The summed E-state index contributed by atoms with van der Waals surface area (Å²) in [6.07, 6.45) is 2.04. The number of anilines is 2. The number of carbonyl (C=O) groups is 1. The Morgan fingerprint density at radius 1 is 1.40 bits per heavy atom. The van der Waals surface area contributed by atoms with E-state index in [2.05, 4.69) is 10.6 Å². The topological polar surface area (TPSA) is 64.6 Å². The van der Waals surface area contributed by atoms with Gasteiger partial charge in [0.15, 0.2) is 0 Å². The van der Waals surface area contributed by atoms with Gasteiger partial charge in [-0.05, 0) is 31.4 Å². The first kappa shape index (κ1) is 14.9. The molecule has 1 saturated carbocycles. The van der Waals surface area contributed by atoms with Crippen LogP contribution in [0.15, 0.2) is 18.2 Å². The van der Waals surface area contributed by atoms with Gasteiger partial charge in [0.1, 0.15) is 0 Å². The molecule has 1 aliphatic carbocycles. The first-order chi connectivity index (χ1) is 9.49. The number of hydrogen-bond donors (Lipinski definition) is 3. The standard InChI is InChI=1S/C14H20ClN3O2/c1-18(2)13-9(15)5-3-7-11(13)17-14(20)16-10-6-4-8-12(10)19/h3,5,7,10,12,19H,4,6,8H2,1-2H3,(H2,16,17,20)/t10-,12-/m0/s1. The summed E-state index contributed by atoms with van der Waals surface area (Å²) in [5.41, 5.74) is 1.41. The second-order valence-corrected chi connectivity index (χ2v) is 5.64. The molecule has 2 atom stereocenters.